The van der Waals surface area contributed by atoms with E-state index in [1.54, 1.807) is 18.2 Å². The van der Waals surface area contributed by atoms with Crippen molar-refractivity contribution >= 4 is 67.7 Å². The molecule has 0 aliphatic heterocycles. The summed E-state index contributed by atoms with van der Waals surface area (Å²) >= 11 is 20.4. The van der Waals surface area contributed by atoms with Gasteiger partial charge in [-0.05, 0) is 52.3 Å². The summed E-state index contributed by atoms with van der Waals surface area (Å²) in [5, 5.41) is 4.38. The van der Waals surface area contributed by atoms with Gasteiger partial charge in [0.2, 0.25) is 0 Å². The highest BCUT2D eigenvalue weighted by molar-refractivity contribution is 9.10. The van der Waals surface area contributed by atoms with Crippen LogP contribution in [0.3, 0.4) is 0 Å². The third-order valence-corrected chi connectivity index (χ3v) is 3.90. The van der Waals surface area contributed by atoms with Gasteiger partial charge in [-0.1, -0.05) is 35.4 Å². The van der Waals surface area contributed by atoms with Crippen molar-refractivity contribution in [2.45, 2.75) is 0 Å². The first kappa shape index (κ1) is 14.6. The van der Waals surface area contributed by atoms with Gasteiger partial charge in [-0.3, -0.25) is 0 Å². The van der Waals surface area contributed by atoms with Crippen molar-refractivity contribution in [2.75, 3.05) is 5.32 Å². The lowest BCUT2D eigenvalue weighted by atomic mass is 10.2. The van der Waals surface area contributed by atoms with Crippen LogP contribution in [-0.2, 0) is 0 Å². The number of thiocarbonyl (C=S) groups is 1. The van der Waals surface area contributed by atoms with Gasteiger partial charge in [-0.25, -0.2) is 0 Å². The Hall–Kier alpha value is -0.810. The number of rotatable bonds is 3. The third kappa shape index (κ3) is 3.60. The minimum atomic E-state index is 0.278. The van der Waals surface area contributed by atoms with E-state index in [4.69, 9.17) is 41.2 Å². The average Bonchev–Trinajstić information content (AvgIpc) is 2.33. The van der Waals surface area contributed by atoms with Crippen LogP contribution in [0.2, 0.25) is 10.0 Å². The molecule has 0 atom stereocenters. The van der Waals surface area contributed by atoms with Crippen molar-refractivity contribution in [3.8, 4) is 0 Å². The first-order valence-electron chi connectivity index (χ1n) is 5.29. The van der Waals surface area contributed by atoms with Gasteiger partial charge in [-0.15, -0.1) is 0 Å². The molecule has 19 heavy (non-hydrogen) atoms. The van der Waals surface area contributed by atoms with E-state index < -0.39 is 0 Å². The minimum Gasteiger partial charge on any atom is -0.389 e. The lowest BCUT2D eigenvalue weighted by molar-refractivity contribution is 1.51. The summed E-state index contributed by atoms with van der Waals surface area (Å²) in [7, 11) is 0. The monoisotopic (exact) mass is 374 g/mol. The molecular weight excluding hydrogens is 367 g/mol. The van der Waals surface area contributed by atoms with E-state index in [9.17, 15) is 0 Å². The molecule has 0 radical (unpaired) electrons. The fourth-order valence-electron chi connectivity index (χ4n) is 1.54. The van der Waals surface area contributed by atoms with E-state index in [0.29, 0.717) is 15.6 Å². The lowest BCUT2D eigenvalue weighted by Crippen LogP contribution is -2.09. The highest BCUT2D eigenvalue weighted by Crippen LogP contribution is 2.30. The zero-order valence-corrected chi connectivity index (χ0v) is 13.5. The molecule has 0 aliphatic carbocycles. The predicted octanol–water partition coefficient (Wildman–Crippen LogP) is 5.13. The molecule has 0 fully saturated rings. The van der Waals surface area contributed by atoms with Crippen molar-refractivity contribution in [3.05, 3.63) is 56.5 Å². The van der Waals surface area contributed by atoms with Crippen molar-refractivity contribution in [1.82, 2.24) is 0 Å². The SMILES string of the molecule is NC(=S)c1ccc(Nc2cc(Cl)ccc2Br)cc1Cl. The minimum absolute atomic E-state index is 0.278. The molecule has 2 rings (SSSR count). The Labute approximate surface area is 135 Å². The van der Waals surface area contributed by atoms with Gasteiger partial charge in [0, 0.05) is 20.7 Å². The van der Waals surface area contributed by atoms with Crippen LogP contribution >= 0.6 is 51.3 Å². The third-order valence-electron chi connectivity index (χ3n) is 2.44. The predicted molar refractivity (Wildman–Crippen MR) is 89.8 cm³/mol. The topological polar surface area (TPSA) is 38.0 Å². The van der Waals surface area contributed by atoms with Gasteiger partial charge in [-0.2, -0.15) is 0 Å². The van der Waals surface area contributed by atoms with Crippen LogP contribution in [0.4, 0.5) is 11.4 Å². The van der Waals surface area contributed by atoms with Crippen LogP contribution in [0.1, 0.15) is 5.56 Å². The Morgan fingerprint density at radius 1 is 1.16 bits per heavy atom. The molecule has 0 amide bonds. The van der Waals surface area contributed by atoms with E-state index in [-0.39, 0.29) is 4.99 Å². The zero-order valence-electron chi connectivity index (χ0n) is 9.58. The van der Waals surface area contributed by atoms with Gasteiger partial charge >= 0.3 is 0 Å². The van der Waals surface area contributed by atoms with E-state index in [0.717, 1.165) is 15.8 Å². The van der Waals surface area contributed by atoms with Crippen molar-refractivity contribution < 1.29 is 0 Å². The van der Waals surface area contributed by atoms with Crippen molar-refractivity contribution in [1.29, 1.82) is 0 Å². The maximum atomic E-state index is 6.12. The normalized spacial score (nSPS) is 10.3. The Kier molecular flexibility index (Phi) is 4.68. The van der Waals surface area contributed by atoms with Crippen LogP contribution < -0.4 is 11.1 Å². The van der Waals surface area contributed by atoms with Crippen LogP contribution in [0.5, 0.6) is 0 Å². The number of nitrogens with one attached hydrogen (secondary N) is 1. The standard InChI is InChI=1S/C13H9BrCl2N2S/c14-10-4-1-7(15)5-12(10)18-8-2-3-9(13(17)19)11(16)6-8/h1-6,18H,(H2,17,19). The molecule has 0 aliphatic rings. The molecule has 0 spiro atoms. The van der Waals surface area contributed by atoms with Crippen molar-refractivity contribution in [3.63, 3.8) is 0 Å². The molecule has 6 heteroatoms. The van der Waals surface area contributed by atoms with E-state index in [2.05, 4.69) is 21.2 Å². The number of benzene rings is 2. The summed E-state index contributed by atoms with van der Waals surface area (Å²) in [6, 6.07) is 10.9. The summed E-state index contributed by atoms with van der Waals surface area (Å²) in [4.78, 5) is 0.278. The average molecular weight is 376 g/mol. The number of hydrogen-bond acceptors (Lipinski definition) is 2. The first-order chi connectivity index (χ1) is 8.97. The zero-order chi connectivity index (χ0) is 14.0. The quantitative estimate of drug-likeness (QED) is 0.730. The van der Waals surface area contributed by atoms with Crippen LogP contribution in [0.25, 0.3) is 0 Å². The second-order valence-electron chi connectivity index (χ2n) is 3.81. The molecule has 0 saturated carbocycles. The van der Waals surface area contributed by atoms with Crippen LogP contribution in [0.15, 0.2) is 40.9 Å². The Balaban J connectivity index is 2.31. The molecule has 0 heterocycles. The first-order valence-corrected chi connectivity index (χ1v) is 7.24. The molecule has 0 unspecified atom stereocenters. The van der Waals surface area contributed by atoms with E-state index in [1.165, 1.54) is 0 Å². The molecule has 0 bridgehead atoms. The van der Waals surface area contributed by atoms with Gasteiger partial charge in [0.25, 0.3) is 0 Å². The molecule has 0 saturated heterocycles. The van der Waals surface area contributed by atoms with E-state index >= 15 is 0 Å². The Morgan fingerprint density at radius 2 is 1.89 bits per heavy atom. The number of halogens is 3. The van der Waals surface area contributed by atoms with Crippen LogP contribution in [0, 0.1) is 0 Å². The maximum Gasteiger partial charge on any atom is 0.105 e. The fraction of sp³-hybridized carbons (Fsp3) is 0. The molecule has 0 aromatic heterocycles. The summed E-state index contributed by atoms with van der Waals surface area (Å²) in [6.07, 6.45) is 0. The van der Waals surface area contributed by atoms with Gasteiger partial charge in [0.1, 0.15) is 4.99 Å². The molecule has 2 aromatic carbocycles. The smallest absolute Gasteiger partial charge is 0.105 e. The fourth-order valence-corrected chi connectivity index (χ4v) is 2.58. The van der Waals surface area contributed by atoms with Crippen molar-refractivity contribution in [2.24, 2.45) is 5.73 Å². The molecule has 2 nitrogen and oxygen atoms in total. The molecule has 3 N–H and O–H groups in total. The Bertz CT molecular complexity index is 647. The van der Waals surface area contributed by atoms with Gasteiger partial charge in [0.05, 0.1) is 10.7 Å². The summed E-state index contributed by atoms with van der Waals surface area (Å²) in [6.45, 7) is 0. The second-order valence-corrected chi connectivity index (χ2v) is 5.95. The van der Waals surface area contributed by atoms with Gasteiger partial charge < -0.3 is 11.1 Å². The number of hydrogen-bond donors (Lipinski definition) is 2. The lowest BCUT2D eigenvalue weighted by Gasteiger charge is -2.11. The van der Waals surface area contributed by atoms with E-state index in [1.807, 2.05) is 18.2 Å². The summed E-state index contributed by atoms with van der Waals surface area (Å²) in [5.41, 5.74) is 7.90. The van der Waals surface area contributed by atoms with Gasteiger partial charge in [0.15, 0.2) is 0 Å². The second kappa shape index (κ2) is 6.09. The maximum absolute atomic E-state index is 6.12. The van der Waals surface area contributed by atoms with Crippen LogP contribution in [-0.4, -0.2) is 4.99 Å². The summed E-state index contributed by atoms with van der Waals surface area (Å²) in [5.74, 6) is 0. The molecule has 98 valence electrons. The number of anilines is 2. The largest absolute Gasteiger partial charge is 0.389 e. The molecule has 2 aromatic rings. The highest BCUT2D eigenvalue weighted by atomic mass is 79.9. The highest BCUT2D eigenvalue weighted by Gasteiger charge is 2.06. The summed E-state index contributed by atoms with van der Waals surface area (Å²) < 4.78 is 0.909. The molecular formula is C13H9BrCl2N2S. The number of nitrogens with two attached hydrogens (primary N) is 1. The Morgan fingerprint density at radius 3 is 2.53 bits per heavy atom.